The lowest BCUT2D eigenvalue weighted by molar-refractivity contribution is 0.0512. The van der Waals surface area contributed by atoms with Crippen molar-refractivity contribution in [1.82, 2.24) is 10.6 Å². The molecule has 0 spiro atoms. The number of halogens is 2. The van der Waals surface area contributed by atoms with Gasteiger partial charge in [-0.3, -0.25) is 4.79 Å². The second kappa shape index (κ2) is 9.12. The summed E-state index contributed by atoms with van der Waals surface area (Å²) in [5.41, 5.74) is 0.449. The zero-order valence-corrected chi connectivity index (χ0v) is 15.8. The number of carbonyl (C=O) groups excluding carboxylic acids is 1. The molecular weight excluding hydrogens is 366 g/mol. The average Bonchev–Trinajstić information content (AvgIpc) is 2.71. The van der Waals surface area contributed by atoms with Gasteiger partial charge in [0.15, 0.2) is 11.6 Å². The van der Waals surface area contributed by atoms with Crippen LogP contribution in [0.3, 0.4) is 0 Å². The molecule has 3 rings (SSSR count). The van der Waals surface area contributed by atoms with Crippen LogP contribution in [0.5, 0.6) is 11.5 Å². The molecule has 1 saturated heterocycles. The maximum Gasteiger partial charge on any atom is 0.251 e. The molecule has 0 radical (unpaired) electrons. The minimum absolute atomic E-state index is 0.0502. The number of rotatable bonds is 7. The monoisotopic (exact) mass is 390 g/mol. The Morgan fingerprint density at radius 1 is 1.07 bits per heavy atom. The molecule has 28 heavy (non-hydrogen) atoms. The van der Waals surface area contributed by atoms with Gasteiger partial charge in [0, 0.05) is 30.7 Å². The van der Waals surface area contributed by atoms with Crippen LogP contribution in [0, 0.1) is 17.0 Å². The van der Waals surface area contributed by atoms with E-state index in [0.29, 0.717) is 24.5 Å². The maximum absolute atomic E-state index is 13.3. The first-order valence-electron chi connectivity index (χ1n) is 9.22. The van der Waals surface area contributed by atoms with Crippen molar-refractivity contribution in [3.63, 3.8) is 0 Å². The largest absolute Gasteiger partial charge is 0.457 e. The summed E-state index contributed by atoms with van der Waals surface area (Å²) in [5, 5.41) is 6.32. The molecule has 1 aliphatic rings. The normalized spacial score (nSPS) is 15.8. The van der Waals surface area contributed by atoms with E-state index in [0.717, 1.165) is 38.1 Å². The molecule has 0 unspecified atom stereocenters. The Morgan fingerprint density at radius 3 is 2.39 bits per heavy atom. The number of amides is 1. The van der Waals surface area contributed by atoms with E-state index in [9.17, 15) is 13.6 Å². The first-order chi connectivity index (χ1) is 13.5. The number of ether oxygens (including phenoxy) is 2. The van der Waals surface area contributed by atoms with Gasteiger partial charge >= 0.3 is 0 Å². The number of hydrogen-bond acceptors (Lipinski definition) is 4. The zero-order valence-electron chi connectivity index (χ0n) is 15.8. The van der Waals surface area contributed by atoms with Gasteiger partial charge in [0.1, 0.15) is 11.5 Å². The van der Waals surface area contributed by atoms with Crippen LogP contribution < -0.4 is 15.4 Å². The number of nitrogens with one attached hydrogen (secondary N) is 2. The van der Waals surface area contributed by atoms with Gasteiger partial charge in [0.05, 0.1) is 6.61 Å². The third-order valence-corrected chi connectivity index (χ3v) is 4.98. The Morgan fingerprint density at radius 2 is 1.75 bits per heavy atom. The summed E-state index contributed by atoms with van der Waals surface area (Å²) >= 11 is 0. The highest BCUT2D eigenvalue weighted by Gasteiger charge is 2.32. The van der Waals surface area contributed by atoms with Gasteiger partial charge in [0.25, 0.3) is 5.91 Å². The molecule has 0 saturated carbocycles. The average molecular weight is 390 g/mol. The molecule has 2 aromatic rings. The van der Waals surface area contributed by atoms with E-state index in [1.54, 1.807) is 31.4 Å². The lowest BCUT2D eigenvalue weighted by Crippen LogP contribution is -2.47. The van der Waals surface area contributed by atoms with Crippen LogP contribution in [0.15, 0.2) is 42.5 Å². The summed E-state index contributed by atoms with van der Waals surface area (Å²) in [6.07, 6.45) is 1.89. The molecule has 0 aliphatic carbocycles. The van der Waals surface area contributed by atoms with Crippen molar-refractivity contribution in [2.45, 2.75) is 12.8 Å². The van der Waals surface area contributed by atoms with Crippen molar-refractivity contribution in [2.24, 2.45) is 5.41 Å². The second-order valence-electron chi connectivity index (χ2n) is 7.07. The molecule has 1 fully saturated rings. The summed E-state index contributed by atoms with van der Waals surface area (Å²) in [7, 11) is 1.68. The fraction of sp³-hybridized carbons (Fsp3) is 0.381. The Bertz CT molecular complexity index is 800. The molecule has 1 amide bonds. The highest BCUT2D eigenvalue weighted by Crippen LogP contribution is 2.28. The first-order valence-corrected chi connectivity index (χ1v) is 9.22. The van der Waals surface area contributed by atoms with E-state index in [-0.39, 0.29) is 17.1 Å². The molecule has 2 N–H and O–H groups in total. The molecule has 2 aromatic carbocycles. The van der Waals surface area contributed by atoms with Crippen LogP contribution in [-0.2, 0) is 4.74 Å². The van der Waals surface area contributed by atoms with Crippen LogP contribution in [0.25, 0.3) is 0 Å². The molecule has 0 bridgehead atoms. The minimum atomic E-state index is -0.976. The molecule has 0 aromatic heterocycles. The van der Waals surface area contributed by atoms with Gasteiger partial charge in [-0.25, -0.2) is 8.78 Å². The van der Waals surface area contributed by atoms with Gasteiger partial charge in [-0.1, -0.05) is 0 Å². The lowest BCUT2D eigenvalue weighted by atomic mass is 9.79. The quantitative estimate of drug-likeness (QED) is 0.760. The molecular formula is C21H24F2N2O3. The third-order valence-electron chi connectivity index (χ3n) is 4.98. The Kier molecular flexibility index (Phi) is 6.59. The number of benzene rings is 2. The second-order valence-corrected chi connectivity index (χ2v) is 7.07. The van der Waals surface area contributed by atoms with Gasteiger partial charge in [-0.15, -0.1) is 0 Å². The van der Waals surface area contributed by atoms with Crippen molar-refractivity contribution < 1.29 is 23.0 Å². The van der Waals surface area contributed by atoms with Crippen LogP contribution in [-0.4, -0.2) is 39.3 Å². The van der Waals surface area contributed by atoms with Crippen LogP contribution in [0.1, 0.15) is 23.2 Å². The Labute approximate surface area is 163 Å². The number of hydrogen-bond donors (Lipinski definition) is 2. The van der Waals surface area contributed by atoms with Gasteiger partial charge < -0.3 is 20.1 Å². The van der Waals surface area contributed by atoms with E-state index in [2.05, 4.69) is 10.6 Å². The fourth-order valence-electron chi connectivity index (χ4n) is 3.36. The number of carbonyl (C=O) groups is 1. The van der Waals surface area contributed by atoms with Crippen LogP contribution in [0.2, 0.25) is 0 Å². The van der Waals surface area contributed by atoms with Gasteiger partial charge in [0.2, 0.25) is 0 Å². The molecule has 1 aliphatic heterocycles. The molecule has 7 heteroatoms. The number of piperidine rings is 1. The topological polar surface area (TPSA) is 59.6 Å². The van der Waals surface area contributed by atoms with Crippen molar-refractivity contribution >= 4 is 5.91 Å². The standard InChI is InChI=1S/C21H24F2N2O3/c1-27-14-21(8-10-24-11-9-21)13-25-20(26)15-2-4-16(5-3-15)28-17-6-7-18(22)19(23)12-17/h2-7,12,24H,8-11,13-14H2,1H3,(H,25,26). The van der Waals surface area contributed by atoms with E-state index in [1.165, 1.54) is 6.07 Å². The van der Waals surface area contributed by atoms with Crippen molar-refractivity contribution in [3.8, 4) is 11.5 Å². The predicted molar refractivity (Wildman–Crippen MR) is 102 cm³/mol. The summed E-state index contributed by atoms with van der Waals surface area (Å²) in [4.78, 5) is 12.5. The summed E-state index contributed by atoms with van der Waals surface area (Å²) in [5.74, 6) is -1.47. The minimum Gasteiger partial charge on any atom is -0.457 e. The van der Waals surface area contributed by atoms with Crippen molar-refractivity contribution in [3.05, 3.63) is 59.7 Å². The van der Waals surface area contributed by atoms with Crippen LogP contribution in [0.4, 0.5) is 8.78 Å². The molecule has 150 valence electrons. The highest BCUT2D eigenvalue weighted by atomic mass is 19.2. The summed E-state index contributed by atoms with van der Waals surface area (Å²) in [6.45, 7) is 2.98. The molecule has 5 nitrogen and oxygen atoms in total. The molecule has 0 atom stereocenters. The maximum atomic E-state index is 13.3. The zero-order chi connectivity index (χ0) is 20.0. The summed E-state index contributed by atoms with van der Waals surface area (Å²) < 4.78 is 37.1. The lowest BCUT2D eigenvalue weighted by Gasteiger charge is -2.37. The predicted octanol–water partition coefficient (Wildman–Crippen LogP) is 3.50. The van der Waals surface area contributed by atoms with E-state index < -0.39 is 11.6 Å². The Balaban J connectivity index is 1.59. The smallest absolute Gasteiger partial charge is 0.251 e. The SMILES string of the molecule is COCC1(CNC(=O)c2ccc(Oc3ccc(F)c(F)c3)cc2)CCNCC1. The highest BCUT2D eigenvalue weighted by molar-refractivity contribution is 5.94. The van der Waals surface area contributed by atoms with Crippen LogP contribution >= 0.6 is 0 Å². The first kappa shape index (κ1) is 20.2. The van der Waals surface area contributed by atoms with E-state index in [4.69, 9.17) is 9.47 Å². The Hall–Kier alpha value is -2.51. The van der Waals surface area contributed by atoms with Gasteiger partial charge in [-0.2, -0.15) is 0 Å². The fourth-order valence-corrected chi connectivity index (χ4v) is 3.36. The van der Waals surface area contributed by atoms with Crippen molar-refractivity contribution in [1.29, 1.82) is 0 Å². The van der Waals surface area contributed by atoms with Gasteiger partial charge in [-0.05, 0) is 62.3 Å². The number of methoxy groups -OCH3 is 1. The van der Waals surface area contributed by atoms with E-state index in [1.807, 2.05) is 0 Å². The molecule has 1 heterocycles. The third kappa shape index (κ3) is 5.05. The van der Waals surface area contributed by atoms with Crippen molar-refractivity contribution in [2.75, 3.05) is 33.4 Å². The van der Waals surface area contributed by atoms with E-state index >= 15 is 0 Å². The summed E-state index contributed by atoms with van der Waals surface area (Å²) in [6, 6.07) is 9.82.